The molecule has 0 bridgehead atoms. The molecule has 112 valence electrons. The molecule has 0 saturated carbocycles. The molecule has 1 aromatic heterocycles. The predicted molar refractivity (Wildman–Crippen MR) is 77.6 cm³/mol. The summed E-state index contributed by atoms with van der Waals surface area (Å²) >= 11 is 0. The third kappa shape index (κ3) is 2.39. The van der Waals surface area contributed by atoms with Gasteiger partial charge in [-0.25, -0.2) is 18.0 Å². The van der Waals surface area contributed by atoms with Crippen LogP contribution in [0.1, 0.15) is 17.6 Å². The first kappa shape index (κ1) is 14.4. The first-order chi connectivity index (χ1) is 10.5. The highest BCUT2D eigenvalue weighted by atomic mass is 19.3. The van der Waals surface area contributed by atoms with E-state index >= 15 is 0 Å². The molecule has 2 nitrogen and oxygen atoms in total. The SMILES string of the molecule is Cc1ccc2c(-c3ccc(F)cc3)c(C(F)F)c(=O)oc2c1. The van der Waals surface area contributed by atoms with E-state index in [0.29, 0.717) is 10.9 Å². The van der Waals surface area contributed by atoms with Gasteiger partial charge in [0.05, 0.1) is 0 Å². The second-order valence-electron chi connectivity index (χ2n) is 4.99. The van der Waals surface area contributed by atoms with Crippen LogP contribution in [0.15, 0.2) is 51.7 Å². The molecule has 0 spiro atoms. The average Bonchev–Trinajstić information content (AvgIpc) is 2.46. The number of rotatable bonds is 2. The molecule has 0 aliphatic heterocycles. The van der Waals surface area contributed by atoms with Crippen molar-refractivity contribution in [1.82, 2.24) is 0 Å². The van der Waals surface area contributed by atoms with Crippen molar-refractivity contribution in [1.29, 1.82) is 0 Å². The minimum absolute atomic E-state index is 0.0845. The number of aryl methyl sites for hydroxylation is 1. The molecule has 3 rings (SSSR count). The van der Waals surface area contributed by atoms with Crippen molar-refractivity contribution >= 4 is 11.0 Å². The third-order valence-corrected chi connectivity index (χ3v) is 3.45. The molecule has 0 radical (unpaired) electrons. The van der Waals surface area contributed by atoms with Gasteiger partial charge in [0.25, 0.3) is 6.43 Å². The maximum Gasteiger partial charge on any atom is 0.345 e. The maximum absolute atomic E-state index is 13.3. The summed E-state index contributed by atoms with van der Waals surface area (Å²) in [5.41, 5.74) is -0.283. The second kappa shape index (κ2) is 5.33. The lowest BCUT2D eigenvalue weighted by molar-refractivity contribution is 0.147. The van der Waals surface area contributed by atoms with Gasteiger partial charge in [-0.3, -0.25) is 0 Å². The molecule has 0 fully saturated rings. The minimum Gasteiger partial charge on any atom is -0.422 e. The summed E-state index contributed by atoms with van der Waals surface area (Å²) in [6, 6.07) is 10.0. The van der Waals surface area contributed by atoms with E-state index in [9.17, 15) is 18.0 Å². The standard InChI is InChI=1S/C17H11F3O2/c1-9-2-7-12-13(8-9)22-17(21)15(16(19)20)14(12)10-3-5-11(18)6-4-10/h2-8,16H,1H3. The zero-order valence-corrected chi connectivity index (χ0v) is 11.6. The lowest BCUT2D eigenvalue weighted by Gasteiger charge is -2.11. The zero-order valence-electron chi connectivity index (χ0n) is 11.6. The molecule has 5 heteroatoms. The zero-order chi connectivity index (χ0) is 15.9. The van der Waals surface area contributed by atoms with Crippen LogP contribution in [0.2, 0.25) is 0 Å². The smallest absolute Gasteiger partial charge is 0.345 e. The van der Waals surface area contributed by atoms with Crippen LogP contribution in [0.3, 0.4) is 0 Å². The van der Waals surface area contributed by atoms with E-state index < -0.39 is 23.4 Å². The largest absolute Gasteiger partial charge is 0.422 e. The predicted octanol–water partition coefficient (Wildman–Crippen LogP) is 4.85. The van der Waals surface area contributed by atoms with Gasteiger partial charge in [-0.1, -0.05) is 24.3 Å². The number of halogens is 3. The molecule has 0 amide bonds. The summed E-state index contributed by atoms with van der Waals surface area (Å²) in [7, 11) is 0. The fourth-order valence-corrected chi connectivity index (χ4v) is 2.45. The summed E-state index contributed by atoms with van der Waals surface area (Å²) in [6.45, 7) is 1.80. The van der Waals surface area contributed by atoms with E-state index in [1.807, 2.05) is 0 Å². The number of benzene rings is 2. The molecule has 0 saturated heterocycles. The topological polar surface area (TPSA) is 30.2 Å². The van der Waals surface area contributed by atoms with Crippen molar-refractivity contribution in [3.63, 3.8) is 0 Å². The molecule has 3 aromatic rings. The highest BCUT2D eigenvalue weighted by molar-refractivity contribution is 5.95. The minimum atomic E-state index is -2.98. The van der Waals surface area contributed by atoms with Crippen LogP contribution < -0.4 is 5.63 Å². The van der Waals surface area contributed by atoms with Crippen molar-refractivity contribution in [2.24, 2.45) is 0 Å². The number of hydrogen-bond acceptors (Lipinski definition) is 2. The van der Waals surface area contributed by atoms with Crippen molar-refractivity contribution in [2.45, 2.75) is 13.3 Å². The highest BCUT2D eigenvalue weighted by Crippen LogP contribution is 2.35. The third-order valence-electron chi connectivity index (χ3n) is 3.45. The molecule has 0 aliphatic rings. The van der Waals surface area contributed by atoms with Gasteiger partial charge < -0.3 is 4.42 Å². The van der Waals surface area contributed by atoms with Crippen LogP contribution in [0.5, 0.6) is 0 Å². The van der Waals surface area contributed by atoms with Crippen LogP contribution in [0, 0.1) is 12.7 Å². The summed E-state index contributed by atoms with van der Waals surface area (Å²) in [5, 5.41) is 0.395. The molecule has 0 N–H and O–H groups in total. The molecule has 22 heavy (non-hydrogen) atoms. The average molecular weight is 304 g/mol. The monoisotopic (exact) mass is 304 g/mol. The Morgan fingerprint density at radius 3 is 2.36 bits per heavy atom. The van der Waals surface area contributed by atoms with Crippen molar-refractivity contribution < 1.29 is 17.6 Å². The number of alkyl halides is 2. The lowest BCUT2D eigenvalue weighted by Crippen LogP contribution is -2.10. The fourth-order valence-electron chi connectivity index (χ4n) is 2.45. The lowest BCUT2D eigenvalue weighted by atomic mass is 9.96. The quantitative estimate of drug-likeness (QED) is 0.634. The maximum atomic E-state index is 13.3. The first-order valence-corrected chi connectivity index (χ1v) is 6.59. The van der Waals surface area contributed by atoms with Crippen LogP contribution in [0.25, 0.3) is 22.1 Å². The van der Waals surface area contributed by atoms with E-state index in [2.05, 4.69) is 0 Å². The summed E-state index contributed by atoms with van der Waals surface area (Å²) in [4.78, 5) is 11.9. The van der Waals surface area contributed by atoms with E-state index in [0.717, 1.165) is 5.56 Å². The summed E-state index contributed by atoms with van der Waals surface area (Å²) in [5.74, 6) is -0.481. The molecular formula is C17H11F3O2. The highest BCUT2D eigenvalue weighted by Gasteiger charge is 2.23. The Hall–Kier alpha value is -2.56. The number of fused-ring (bicyclic) bond motifs is 1. The Labute approximate surface area is 123 Å². The molecule has 0 unspecified atom stereocenters. The van der Waals surface area contributed by atoms with Crippen LogP contribution in [-0.4, -0.2) is 0 Å². The fraction of sp³-hybridized carbons (Fsp3) is 0.118. The van der Waals surface area contributed by atoms with E-state index in [1.165, 1.54) is 24.3 Å². The van der Waals surface area contributed by atoms with Crippen LogP contribution in [-0.2, 0) is 0 Å². The summed E-state index contributed by atoms with van der Waals surface area (Å²) < 4.78 is 44.7. The van der Waals surface area contributed by atoms with Gasteiger partial charge in [-0.05, 0) is 36.2 Å². The van der Waals surface area contributed by atoms with Gasteiger partial charge in [0, 0.05) is 10.9 Å². The Morgan fingerprint density at radius 1 is 1.05 bits per heavy atom. The Morgan fingerprint density at radius 2 is 1.73 bits per heavy atom. The van der Waals surface area contributed by atoms with Gasteiger partial charge in [-0.15, -0.1) is 0 Å². The van der Waals surface area contributed by atoms with E-state index in [1.54, 1.807) is 25.1 Å². The normalized spacial score (nSPS) is 11.3. The van der Waals surface area contributed by atoms with Crippen molar-refractivity contribution in [2.75, 3.05) is 0 Å². The second-order valence-corrected chi connectivity index (χ2v) is 4.99. The summed E-state index contributed by atoms with van der Waals surface area (Å²) in [6.07, 6.45) is -2.98. The van der Waals surface area contributed by atoms with Crippen molar-refractivity contribution in [3.05, 3.63) is 69.8 Å². The molecule has 1 heterocycles. The Balaban J connectivity index is 2.45. The molecule has 0 atom stereocenters. The van der Waals surface area contributed by atoms with Crippen molar-refractivity contribution in [3.8, 4) is 11.1 Å². The molecule has 0 aliphatic carbocycles. The molecule has 2 aromatic carbocycles. The van der Waals surface area contributed by atoms with Gasteiger partial charge in [0.15, 0.2) is 0 Å². The van der Waals surface area contributed by atoms with E-state index in [-0.39, 0.29) is 11.1 Å². The Bertz CT molecular complexity index is 896. The number of hydrogen-bond donors (Lipinski definition) is 0. The van der Waals surface area contributed by atoms with Gasteiger partial charge in [-0.2, -0.15) is 0 Å². The first-order valence-electron chi connectivity index (χ1n) is 6.59. The molecular weight excluding hydrogens is 293 g/mol. The van der Waals surface area contributed by atoms with E-state index in [4.69, 9.17) is 4.42 Å². The van der Waals surface area contributed by atoms with Crippen LogP contribution >= 0.6 is 0 Å². The van der Waals surface area contributed by atoms with Gasteiger partial charge in [0.2, 0.25) is 0 Å². The van der Waals surface area contributed by atoms with Gasteiger partial charge in [0.1, 0.15) is 17.0 Å². The van der Waals surface area contributed by atoms with Crippen LogP contribution in [0.4, 0.5) is 13.2 Å². The Kier molecular flexibility index (Phi) is 3.48. The van der Waals surface area contributed by atoms with Gasteiger partial charge >= 0.3 is 5.63 Å².